The first-order chi connectivity index (χ1) is 12.6. The van der Waals surface area contributed by atoms with Crippen LogP contribution in [0, 0.1) is 0 Å². The Bertz CT molecular complexity index is 747. The van der Waals surface area contributed by atoms with E-state index in [-0.39, 0.29) is 6.17 Å². The quantitative estimate of drug-likeness (QED) is 0.639. The minimum absolute atomic E-state index is 0.124. The van der Waals surface area contributed by atoms with Crippen molar-refractivity contribution in [2.24, 2.45) is 0 Å². The molecule has 0 radical (unpaired) electrons. The van der Waals surface area contributed by atoms with E-state index in [0.717, 1.165) is 12.2 Å². The average Bonchev–Trinajstić information content (AvgIpc) is 3.08. The Hall–Kier alpha value is -2.11. The Kier molecular flexibility index (Phi) is 6.12. The van der Waals surface area contributed by atoms with Gasteiger partial charge >= 0.3 is 0 Å². The molecule has 26 heavy (non-hydrogen) atoms. The van der Waals surface area contributed by atoms with Gasteiger partial charge in [0, 0.05) is 36.1 Å². The number of thioether (sulfide) groups is 1. The molecule has 2 aliphatic heterocycles. The zero-order valence-corrected chi connectivity index (χ0v) is 16.7. The standard InChI is InChI=1S/C21H28N4S/c1-5-25(15(2)3)24-20(14-26-4)19-13-23-21-18(19)11-17(12-22-21)16-9-7-6-8-10-16/h6-15,21-24H,5H2,1-4H3/b20-14-. The molecule has 0 bridgehead atoms. The predicted octanol–water partition coefficient (Wildman–Crippen LogP) is 3.81. The highest BCUT2D eigenvalue weighted by Crippen LogP contribution is 2.32. The number of rotatable bonds is 7. The summed E-state index contributed by atoms with van der Waals surface area (Å²) >= 11 is 1.72. The highest BCUT2D eigenvalue weighted by atomic mass is 32.2. The second-order valence-corrected chi connectivity index (χ2v) is 7.36. The van der Waals surface area contributed by atoms with Gasteiger partial charge in [-0.25, -0.2) is 5.01 Å². The first-order valence-corrected chi connectivity index (χ1v) is 10.4. The number of benzene rings is 1. The Morgan fingerprint density at radius 1 is 1.23 bits per heavy atom. The number of allylic oxidation sites excluding steroid dienone is 3. The molecule has 0 spiro atoms. The smallest absolute Gasteiger partial charge is 0.123 e. The van der Waals surface area contributed by atoms with Gasteiger partial charge < -0.3 is 16.1 Å². The van der Waals surface area contributed by atoms with Crippen LogP contribution in [0.4, 0.5) is 0 Å². The summed E-state index contributed by atoms with van der Waals surface area (Å²) in [6.45, 7) is 7.52. The van der Waals surface area contributed by atoms with Crippen LogP contribution < -0.4 is 16.1 Å². The van der Waals surface area contributed by atoms with Crippen LogP contribution in [0.3, 0.4) is 0 Å². The summed E-state index contributed by atoms with van der Waals surface area (Å²) < 4.78 is 0. The summed E-state index contributed by atoms with van der Waals surface area (Å²) in [7, 11) is 0. The maximum atomic E-state index is 3.61. The molecule has 3 N–H and O–H groups in total. The number of dihydropyridines is 1. The van der Waals surface area contributed by atoms with Crippen molar-refractivity contribution in [3.63, 3.8) is 0 Å². The first-order valence-electron chi connectivity index (χ1n) is 9.10. The monoisotopic (exact) mass is 368 g/mol. The molecule has 0 aromatic heterocycles. The van der Waals surface area contributed by atoms with E-state index in [1.807, 2.05) is 6.07 Å². The zero-order chi connectivity index (χ0) is 18.5. The van der Waals surface area contributed by atoms with Crippen molar-refractivity contribution < 1.29 is 0 Å². The molecule has 0 aliphatic carbocycles. The van der Waals surface area contributed by atoms with Crippen molar-refractivity contribution in [2.75, 3.05) is 12.8 Å². The molecule has 1 aromatic rings. The van der Waals surface area contributed by atoms with Crippen LogP contribution >= 0.6 is 11.8 Å². The van der Waals surface area contributed by atoms with Crippen LogP contribution in [0.15, 0.2) is 71.1 Å². The molecule has 4 nitrogen and oxygen atoms in total. The van der Waals surface area contributed by atoms with Crippen molar-refractivity contribution in [2.45, 2.75) is 33.0 Å². The summed E-state index contributed by atoms with van der Waals surface area (Å²) in [5.74, 6) is 0. The number of nitrogens with zero attached hydrogens (tertiary/aromatic N) is 1. The van der Waals surface area contributed by atoms with Gasteiger partial charge in [0.2, 0.25) is 0 Å². The van der Waals surface area contributed by atoms with E-state index in [9.17, 15) is 0 Å². The fraction of sp³-hybridized carbons (Fsp3) is 0.333. The third-order valence-corrected chi connectivity index (χ3v) is 5.07. The molecule has 5 heteroatoms. The Balaban J connectivity index is 1.88. The maximum absolute atomic E-state index is 3.61. The van der Waals surface area contributed by atoms with Gasteiger partial charge in [-0.2, -0.15) is 0 Å². The molecule has 1 unspecified atom stereocenters. The third-order valence-electron chi connectivity index (χ3n) is 4.59. The van der Waals surface area contributed by atoms with Gasteiger partial charge in [-0.05, 0) is 42.7 Å². The third kappa shape index (κ3) is 4.00. The summed E-state index contributed by atoms with van der Waals surface area (Å²) in [5, 5.41) is 11.4. The van der Waals surface area contributed by atoms with E-state index in [2.05, 4.69) is 96.2 Å². The van der Waals surface area contributed by atoms with Crippen LogP contribution in [-0.4, -0.2) is 30.0 Å². The van der Waals surface area contributed by atoms with E-state index < -0.39 is 0 Å². The summed E-state index contributed by atoms with van der Waals surface area (Å²) in [6, 6.07) is 10.9. The summed E-state index contributed by atoms with van der Waals surface area (Å²) in [4.78, 5) is 0. The SMILES string of the molecule is CCN(N/C(=C\SC)C1=CNC2NC=C(c3ccccc3)C=C12)C(C)C. The highest BCUT2D eigenvalue weighted by molar-refractivity contribution is 8.01. The molecular formula is C21H28N4S. The van der Waals surface area contributed by atoms with Crippen LogP contribution in [-0.2, 0) is 0 Å². The molecule has 0 saturated carbocycles. The van der Waals surface area contributed by atoms with Crippen molar-refractivity contribution in [3.8, 4) is 0 Å². The second-order valence-electron chi connectivity index (χ2n) is 6.65. The van der Waals surface area contributed by atoms with Crippen LogP contribution in [0.5, 0.6) is 0 Å². The normalized spacial score (nSPS) is 19.4. The van der Waals surface area contributed by atoms with E-state index in [4.69, 9.17) is 0 Å². The molecule has 138 valence electrons. The van der Waals surface area contributed by atoms with Crippen LogP contribution in [0.25, 0.3) is 5.57 Å². The van der Waals surface area contributed by atoms with E-state index in [1.165, 1.54) is 22.3 Å². The molecule has 2 aliphatic rings. The number of hydrazine groups is 1. The Labute approximate surface area is 161 Å². The fourth-order valence-corrected chi connectivity index (χ4v) is 3.62. The molecular weight excluding hydrogens is 340 g/mol. The molecule has 0 amide bonds. The highest BCUT2D eigenvalue weighted by Gasteiger charge is 2.28. The maximum Gasteiger partial charge on any atom is 0.123 e. The van der Waals surface area contributed by atoms with Crippen molar-refractivity contribution in [1.29, 1.82) is 0 Å². The minimum atomic E-state index is 0.124. The number of fused-ring (bicyclic) bond motifs is 1. The predicted molar refractivity (Wildman–Crippen MR) is 113 cm³/mol. The summed E-state index contributed by atoms with van der Waals surface area (Å²) in [5.41, 5.74) is 9.63. The Morgan fingerprint density at radius 3 is 2.62 bits per heavy atom. The molecule has 1 atom stereocenters. The fourth-order valence-electron chi connectivity index (χ4n) is 3.20. The molecule has 0 fully saturated rings. The Morgan fingerprint density at radius 2 is 1.96 bits per heavy atom. The van der Waals surface area contributed by atoms with Crippen LogP contribution in [0.2, 0.25) is 0 Å². The van der Waals surface area contributed by atoms with E-state index in [0.29, 0.717) is 6.04 Å². The van der Waals surface area contributed by atoms with Gasteiger partial charge in [-0.3, -0.25) is 0 Å². The van der Waals surface area contributed by atoms with Gasteiger partial charge in [0.1, 0.15) is 6.17 Å². The minimum Gasteiger partial charge on any atom is -0.367 e. The largest absolute Gasteiger partial charge is 0.367 e. The molecule has 0 saturated heterocycles. The van der Waals surface area contributed by atoms with Crippen molar-refractivity contribution in [1.82, 2.24) is 21.1 Å². The topological polar surface area (TPSA) is 39.3 Å². The van der Waals surface area contributed by atoms with Gasteiger partial charge in [-0.15, -0.1) is 11.8 Å². The van der Waals surface area contributed by atoms with Crippen LogP contribution in [0.1, 0.15) is 26.3 Å². The van der Waals surface area contributed by atoms with E-state index in [1.54, 1.807) is 11.8 Å². The molecule has 1 aromatic carbocycles. The molecule has 3 rings (SSSR count). The van der Waals surface area contributed by atoms with Crippen molar-refractivity contribution in [3.05, 3.63) is 76.6 Å². The van der Waals surface area contributed by atoms with Gasteiger partial charge in [0.15, 0.2) is 0 Å². The van der Waals surface area contributed by atoms with Crippen molar-refractivity contribution >= 4 is 17.3 Å². The number of hydrogen-bond donors (Lipinski definition) is 3. The lowest BCUT2D eigenvalue weighted by Gasteiger charge is -2.29. The second kappa shape index (κ2) is 8.52. The average molecular weight is 369 g/mol. The van der Waals surface area contributed by atoms with Gasteiger partial charge in [-0.1, -0.05) is 37.3 Å². The summed E-state index contributed by atoms with van der Waals surface area (Å²) in [6.07, 6.45) is 8.69. The number of nitrogens with one attached hydrogen (secondary N) is 3. The lowest BCUT2D eigenvalue weighted by atomic mass is 9.96. The number of hydrogen-bond acceptors (Lipinski definition) is 5. The van der Waals surface area contributed by atoms with Gasteiger partial charge in [0.25, 0.3) is 0 Å². The lowest BCUT2D eigenvalue weighted by Crippen LogP contribution is -2.43. The molecule has 2 heterocycles. The zero-order valence-electron chi connectivity index (χ0n) is 15.9. The lowest BCUT2D eigenvalue weighted by molar-refractivity contribution is 0.177. The van der Waals surface area contributed by atoms with E-state index >= 15 is 0 Å². The van der Waals surface area contributed by atoms with Gasteiger partial charge in [0.05, 0.1) is 5.70 Å². The first kappa shape index (κ1) is 18.7.